The van der Waals surface area contributed by atoms with Crippen LogP contribution in [-0.4, -0.2) is 16.8 Å². The van der Waals surface area contributed by atoms with Crippen molar-refractivity contribution in [3.8, 4) is 5.75 Å². The van der Waals surface area contributed by atoms with Crippen LogP contribution in [-0.2, 0) is 17.9 Å². The van der Waals surface area contributed by atoms with Crippen LogP contribution < -0.4 is 10.1 Å². The van der Waals surface area contributed by atoms with Gasteiger partial charge in [0.15, 0.2) is 0 Å². The second-order valence-electron chi connectivity index (χ2n) is 6.96. The van der Waals surface area contributed by atoms with Crippen molar-refractivity contribution in [2.24, 2.45) is 0 Å². The van der Waals surface area contributed by atoms with Gasteiger partial charge in [-0.3, -0.25) is 9.69 Å². The highest BCUT2D eigenvalue weighted by Crippen LogP contribution is 2.21. The Hall–Kier alpha value is -3.64. The molecule has 1 saturated heterocycles. The Balaban J connectivity index is 1.41. The van der Waals surface area contributed by atoms with Gasteiger partial charge in [0.25, 0.3) is 5.91 Å². The molecule has 1 heterocycles. The monoisotopic (exact) mass is 436 g/mol. The quantitative estimate of drug-likeness (QED) is 0.429. The van der Waals surface area contributed by atoms with Crippen LogP contribution >= 0.6 is 11.6 Å². The Morgan fingerprint density at radius 1 is 0.968 bits per heavy atom. The third-order valence-electron chi connectivity index (χ3n) is 4.76. The largest absolute Gasteiger partial charge is 0.489 e. The van der Waals surface area contributed by atoms with E-state index in [-0.39, 0.29) is 18.1 Å². The molecule has 0 aromatic heterocycles. The van der Waals surface area contributed by atoms with E-state index in [4.69, 9.17) is 16.3 Å². The lowest BCUT2D eigenvalue weighted by atomic mass is 10.1. The van der Waals surface area contributed by atoms with Crippen molar-refractivity contribution in [1.29, 1.82) is 0 Å². The van der Waals surface area contributed by atoms with Crippen molar-refractivity contribution in [3.63, 3.8) is 0 Å². The zero-order valence-corrected chi connectivity index (χ0v) is 17.1. The second kappa shape index (κ2) is 9.02. The molecule has 1 N–H and O–H groups in total. The Bertz CT molecular complexity index is 1140. The normalized spacial score (nSPS) is 14.8. The fourth-order valence-corrected chi connectivity index (χ4v) is 3.28. The molecule has 1 aliphatic heterocycles. The van der Waals surface area contributed by atoms with E-state index < -0.39 is 11.9 Å². The summed E-state index contributed by atoms with van der Waals surface area (Å²) >= 11 is 6.13. The van der Waals surface area contributed by atoms with Crippen molar-refractivity contribution in [1.82, 2.24) is 10.2 Å². The SMILES string of the molecule is O=C1NC(=Cc2ccc(OCc3ccccc3Cl)cc2)C(=O)N1Cc1ccc(F)cc1. The standard InChI is InChI=1S/C24H18ClFN2O3/c25-21-4-2-1-3-18(21)15-31-20-11-7-16(8-12-20)13-22-23(29)28(24(30)27-22)14-17-5-9-19(26)10-6-17/h1-13H,14-15H2,(H,27,30). The van der Waals surface area contributed by atoms with Gasteiger partial charge in [0.05, 0.1) is 6.54 Å². The van der Waals surface area contributed by atoms with Crippen LogP contribution in [0.4, 0.5) is 9.18 Å². The molecule has 3 aromatic rings. The predicted octanol–water partition coefficient (Wildman–Crippen LogP) is 5.15. The van der Waals surface area contributed by atoms with Gasteiger partial charge < -0.3 is 10.1 Å². The Kier molecular flexibility index (Phi) is 6.00. The third-order valence-corrected chi connectivity index (χ3v) is 5.13. The summed E-state index contributed by atoms with van der Waals surface area (Å²) in [6.07, 6.45) is 1.60. The first-order valence-corrected chi connectivity index (χ1v) is 9.92. The lowest BCUT2D eigenvalue weighted by Gasteiger charge is -2.11. The number of hydrogen-bond acceptors (Lipinski definition) is 3. The zero-order chi connectivity index (χ0) is 21.8. The molecule has 3 amide bonds. The molecule has 5 nitrogen and oxygen atoms in total. The second-order valence-corrected chi connectivity index (χ2v) is 7.36. The minimum atomic E-state index is -0.514. The Labute approximate surface area is 183 Å². The van der Waals surface area contributed by atoms with Gasteiger partial charge in [-0.15, -0.1) is 0 Å². The number of rotatable bonds is 6. The summed E-state index contributed by atoms with van der Waals surface area (Å²) in [4.78, 5) is 25.9. The van der Waals surface area contributed by atoms with Crippen molar-refractivity contribution in [2.45, 2.75) is 13.2 Å². The molecule has 3 aromatic carbocycles. The first-order chi connectivity index (χ1) is 15.0. The molecule has 0 radical (unpaired) electrons. The number of urea groups is 1. The van der Waals surface area contributed by atoms with Gasteiger partial charge in [-0.05, 0) is 47.5 Å². The van der Waals surface area contributed by atoms with Crippen LogP contribution in [0.2, 0.25) is 5.02 Å². The lowest BCUT2D eigenvalue weighted by Crippen LogP contribution is -2.30. The highest BCUT2D eigenvalue weighted by Gasteiger charge is 2.33. The molecular formula is C24H18ClFN2O3. The van der Waals surface area contributed by atoms with Crippen LogP contribution in [0.5, 0.6) is 5.75 Å². The molecule has 31 heavy (non-hydrogen) atoms. The molecule has 0 saturated carbocycles. The molecule has 156 valence electrons. The molecule has 7 heteroatoms. The highest BCUT2D eigenvalue weighted by atomic mass is 35.5. The maximum atomic E-state index is 13.1. The van der Waals surface area contributed by atoms with Gasteiger partial charge >= 0.3 is 6.03 Å². The van der Waals surface area contributed by atoms with Gasteiger partial charge in [0, 0.05) is 10.6 Å². The minimum Gasteiger partial charge on any atom is -0.489 e. The lowest BCUT2D eigenvalue weighted by molar-refractivity contribution is -0.123. The number of ether oxygens (including phenoxy) is 1. The van der Waals surface area contributed by atoms with Gasteiger partial charge in [0.2, 0.25) is 0 Å². The van der Waals surface area contributed by atoms with Crippen LogP contribution in [0.3, 0.4) is 0 Å². The maximum Gasteiger partial charge on any atom is 0.329 e. The van der Waals surface area contributed by atoms with Gasteiger partial charge in [-0.2, -0.15) is 0 Å². The summed E-state index contributed by atoms with van der Waals surface area (Å²) in [5, 5.41) is 3.22. The number of imide groups is 1. The summed E-state index contributed by atoms with van der Waals surface area (Å²) in [7, 11) is 0. The number of nitrogens with zero attached hydrogens (tertiary/aromatic N) is 1. The topological polar surface area (TPSA) is 58.6 Å². The number of benzene rings is 3. The first-order valence-electron chi connectivity index (χ1n) is 9.55. The number of halogens is 2. The molecular weight excluding hydrogens is 419 g/mol. The number of hydrogen-bond donors (Lipinski definition) is 1. The zero-order valence-electron chi connectivity index (χ0n) is 16.3. The van der Waals surface area contributed by atoms with E-state index in [2.05, 4.69) is 5.32 Å². The number of carbonyl (C=O) groups excluding carboxylic acids is 2. The molecule has 1 fully saturated rings. The van der Waals surface area contributed by atoms with Crippen LogP contribution in [0, 0.1) is 5.82 Å². The van der Waals surface area contributed by atoms with Crippen LogP contribution in [0.15, 0.2) is 78.5 Å². The fraction of sp³-hybridized carbons (Fsp3) is 0.0833. The average molecular weight is 437 g/mol. The van der Waals surface area contributed by atoms with Gasteiger partial charge in [-0.1, -0.05) is 54.1 Å². The predicted molar refractivity (Wildman–Crippen MR) is 116 cm³/mol. The number of nitrogens with one attached hydrogen (secondary N) is 1. The van der Waals surface area contributed by atoms with E-state index >= 15 is 0 Å². The summed E-state index contributed by atoms with van der Waals surface area (Å²) in [5.74, 6) is -0.156. The Morgan fingerprint density at radius 3 is 2.39 bits per heavy atom. The summed E-state index contributed by atoms with van der Waals surface area (Å²) < 4.78 is 18.8. The first kappa shape index (κ1) is 20.6. The molecule has 0 spiro atoms. The maximum absolute atomic E-state index is 13.1. The van der Waals surface area contributed by atoms with E-state index in [0.717, 1.165) is 16.0 Å². The smallest absolute Gasteiger partial charge is 0.329 e. The molecule has 0 aliphatic carbocycles. The van der Waals surface area contributed by atoms with E-state index in [9.17, 15) is 14.0 Å². The molecule has 4 rings (SSSR count). The Morgan fingerprint density at radius 2 is 1.68 bits per heavy atom. The van der Waals surface area contributed by atoms with Crippen molar-refractivity contribution in [2.75, 3.05) is 0 Å². The van der Waals surface area contributed by atoms with E-state index in [1.807, 2.05) is 24.3 Å². The van der Waals surface area contributed by atoms with Gasteiger partial charge in [0.1, 0.15) is 23.9 Å². The molecule has 0 bridgehead atoms. The van der Waals surface area contributed by atoms with Crippen LogP contribution in [0.1, 0.15) is 16.7 Å². The summed E-state index contributed by atoms with van der Waals surface area (Å²) in [6, 6.07) is 19.7. The molecule has 0 atom stereocenters. The van der Waals surface area contributed by atoms with E-state index in [1.54, 1.807) is 42.5 Å². The minimum absolute atomic E-state index is 0.0666. The third kappa shape index (κ3) is 4.92. The number of carbonyl (C=O) groups is 2. The van der Waals surface area contributed by atoms with E-state index in [0.29, 0.717) is 22.9 Å². The van der Waals surface area contributed by atoms with Crippen molar-refractivity contribution < 1.29 is 18.7 Å². The summed E-state index contributed by atoms with van der Waals surface area (Å²) in [5.41, 5.74) is 2.45. The van der Waals surface area contributed by atoms with Crippen LogP contribution in [0.25, 0.3) is 6.08 Å². The van der Waals surface area contributed by atoms with E-state index in [1.165, 1.54) is 12.1 Å². The van der Waals surface area contributed by atoms with Gasteiger partial charge in [-0.25, -0.2) is 9.18 Å². The highest BCUT2D eigenvalue weighted by molar-refractivity contribution is 6.31. The fourth-order valence-electron chi connectivity index (χ4n) is 3.09. The molecule has 1 aliphatic rings. The van der Waals surface area contributed by atoms with Crippen molar-refractivity contribution in [3.05, 3.63) is 106 Å². The number of amides is 3. The summed E-state index contributed by atoms with van der Waals surface area (Å²) in [6.45, 7) is 0.407. The van der Waals surface area contributed by atoms with Crippen molar-refractivity contribution >= 4 is 29.6 Å². The molecule has 0 unspecified atom stereocenters. The average Bonchev–Trinajstić information content (AvgIpc) is 3.03.